The first kappa shape index (κ1) is 20.5. The average Bonchev–Trinajstić information content (AvgIpc) is 3.55. The van der Waals surface area contributed by atoms with Crippen LogP contribution >= 0.6 is 11.3 Å². The number of nitrogens with one attached hydrogen (secondary N) is 4. The Hall–Kier alpha value is -3.43. The summed E-state index contributed by atoms with van der Waals surface area (Å²) in [5.41, 5.74) is 4.46. The van der Waals surface area contributed by atoms with Crippen molar-refractivity contribution in [3.05, 3.63) is 68.3 Å². The number of pyridine rings is 1. The molecule has 1 aliphatic heterocycles. The van der Waals surface area contributed by atoms with Gasteiger partial charge in [0.15, 0.2) is 0 Å². The van der Waals surface area contributed by atoms with Gasteiger partial charge in [0.25, 0.3) is 5.56 Å². The van der Waals surface area contributed by atoms with E-state index in [-0.39, 0.29) is 18.2 Å². The van der Waals surface area contributed by atoms with Crippen LogP contribution in [0.2, 0.25) is 0 Å². The molecule has 1 atom stereocenters. The average molecular weight is 449 g/mol. The number of imidazole rings is 1. The molecule has 0 unspecified atom stereocenters. The van der Waals surface area contributed by atoms with Gasteiger partial charge in [-0.05, 0) is 42.1 Å². The Labute approximate surface area is 188 Å². The van der Waals surface area contributed by atoms with Crippen LogP contribution in [0, 0.1) is 6.92 Å². The number of aliphatic imine (C=N–C) groups is 1. The monoisotopic (exact) mass is 448 g/mol. The zero-order chi connectivity index (χ0) is 22.1. The third kappa shape index (κ3) is 3.92. The van der Waals surface area contributed by atoms with Crippen LogP contribution in [0.25, 0.3) is 22.4 Å². The summed E-state index contributed by atoms with van der Waals surface area (Å²) < 4.78 is 0. The number of anilines is 1. The topological polar surface area (TPSA) is 118 Å². The number of thiophene rings is 1. The maximum Gasteiger partial charge on any atom is 0.261 e. The van der Waals surface area contributed by atoms with Crippen LogP contribution in [-0.2, 0) is 6.42 Å². The minimum Gasteiger partial charge on any atom is -0.394 e. The van der Waals surface area contributed by atoms with E-state index in [1.54, 1.807) is 23.6 Å². The number of benzene rings is 1. The van der Waals surface area contributed by atoms with Crippen LogP contribution in [0.4, 0.5) is 5.69 Å². The van der Waals surface area contributed by atoms with Crippen molar-refractivity contribution >= 4 is 33.9 Å². The molecule has 32 heavy (non-hydrogen) atoms. The maximum atomic E-state index is 12.8. The normalized spacial score (nSPS) is 14.4. The Morgan fingerprint density at radius 1 is 1.31 bits per heavy atom. The highest BCUT2D eigenvalue weighted by Gasteiger charge is 2.19. The molecular formula is C23H24N6O2S. The number of H-pyrrole nitrogens is 2. The van der Waals surface area contributed by atoms with Crippen LogP contribution < -0.4 is 16.2 Å². The van der Waals surface area contributed by atoms with Gasteiger partial charge in [-0.2, -0.15) is 0 Å². The molecule has 164 valence electrons. The first-order chi connectivity index (χ1) is 15.6. The minimum atomic E-state index is -0.249. The highest BCUT2D eigenvalue weighted by Crippen LogP contribution is 2.27. The van der Waals surface area contributed by atoms with E-state index in [9.17, 15) is 9.90 Å². The Kier molecular flexibility index (Phi) is 5.50. The lowest BCUT2D eigenvalue weighted by Crippen LogP contribution is -2.27. The summed E-state index contributed by atoms with van der Waals surface area (Å²) in [5.74, 6) is 1.36. The van der Waals surface area contributed by atoms with Crippen LogP contribution in [0.1, 0.15) is 16.0 Å². The van der Waals surface area contributed by atoms with Gasteiger partial charge in [0.1, 0.15) is 17.2 Å². The molecule has 5 rings (SSSR count). The highest BCUT2D eigenvalue weighted by molar-refractivity contribution is 7.09. The number of aliphatic hydroxyl groups excluding tert-OH is 1. The number of hydrogen-bond donors (Lipinski definition) is 5. The van der Waals surface area contributed by atoms with Gasteiger partial charge < -0.3 is 25.7 Å². The van der Waals surface area contributed by atoms with E-state index in [0.29, 0.717) is 23.5 Å². The lowest BCUT2D eigenvalue weighted by Gasteiger charge is -2.18. The minimum absolute atomic E-state index is 0.0537. The second-order valence-electron chi connectivity index (χ2n) is 7.83. The molecule has 5 N–H and O–H groups in total. The van der Waals surface area contributed by atoms with E-state index in [0.717, 1.165) is 41.1 Å². The molecule has 0 radical (unpaired) electrons. The van der Waals surface area contributed by atoms with Crippen molar-refractivity contribution in [2.75, 3.05) is 25.0 Å². The molecule has 0 bridgehead atoms. The third-order valence-electron chi connectivity index (χ3n) is 5.53. The predicted octanol–water partition coefficient (Wildman–Crippen LogP) is 2.65. The van der Waals surface area contributed by atoms with Gasteiger partial charge >= 0.3 is 0 Å². The van der Waals surface area contributed by atoms with Crippen LogP contribution in [0.3, 0.4) is 0 Å². The molecule has 4 heterocycles. The van der Waals surface area contributed by atoms with E-state index in [4.69, 9.17) is 4.98 Å². The number of fused-ring (bicyclic) bond motifs is 1. The van der Waals surface area contributed by atoms with E-state index >= 15 is 0 Å². The fourth-order valence-electron chi connectivity index (χ4n) is 4.02. The van der Waals surface area contributed by atoms with Gasteiger partial charge in [0, 0.05) is 29.6 Å². The molecule has 0 fully saturated rings. The van der Waals surface area contributed by atoms with Crippen LogP contribution in [-0.4, -0.2) is 51.6 Å². The van der Waals surface area contributed by atoms with Gasteiger partial charge in [-0.15, -0.1) is 11.3 Å². The van der Waals surface area contributed by atoms with Gasteiger partial charge in [-0.1, -0.05) is 6.07 Å². The van der Waals surface area contributed by atoms with E-state index in [2.05, 4.69) is 31.7 Å². The second kappa shape index (κ2) is 8.60. The van der Waals surface area contributed by atoms with Crippen molar-refractivity contribution in [2.45, 2.75) is 19.4 Å². The van der Waals surface area contributed by atoms with Crippen molar-refractivity contribution in [3.63, 3.8) is 0 Å². The number of aromatic amines is 2. The van der Waals surface area contributed by atoms with Crippen molar-refractivity contribution in [3.8, 4) is 11.4 Å². The largest absolute Gasteiger partial charge is 0.394 e. The van der Waals surface area contributed by atoms with Crippen LogP contribution in [0.15, 0.2) is 51.7 Å². The number of rotatable bonds is 7. The number of aromatic nitrogens is 3. The van der Waals surface area contributed by atoms with Crippen LogP contribution in [0.5, 0.6) is 0 Å². The van der Waals surface area contributed by atoms with Crippen molar-refractivity contribution < 1.29 is 5.11 Å². The smallest absolute Gasteiger partial charge is 0.261 e. The summed E-state index contributed by atoms with van der Waals surface area (Å²) in [6, 6.07) is 9.67. The molecule has 1 aliphatic rings. The molecule has 0 amide bonds. The zero-order valence-corrected chi connectivity index (χ0v) is 18.4. The fourth-order valence-corrected chi connectivity index (χ4v) is 4.81. The summed E-state index contributed by atoms with van der Waals surface area (Å²) in [6.07, 6.45) is 2.27. The SMILES string of the molecule is Cc1cc(C2=NCCN2)cc2[nH]c(-c3c(N[C@H](CO)Cc4cccs4)cc[nH]c3=O)nc12. The Bertz CT molecular complexity index is 1340. The third-order valence-corrected chi connectivity index (χ3v) is 6.43. The molecule has 1 aromatic carbocycles. The summed E-state index contributed by atoms with van der Waals surface area (Å²) in [6.45, 7) is 3.56. The molecule has 9 heteroatoms. The number of amidine groups is 1. The highest BCUT2D eigenvalue weighted by atomic mass is 32.1. The van der Waals surface area contributed by atoms with Crippen molar-refractivity contribution in [2.24, 2.45) is 4.99 Å². The molecule has 0 saturated carbocycles. The number of aliphatic hydroxyl groups is 1. The first-order valence-electron chi connectivity index (χ1n) is 10.5. The lowest BCUT2D eigenvalue weighted by molar-refractivity contribution is 0.274. The Morgan fingerprint density at radius 3 is 2.97 bits per heavy atom. The molecule has 0 saturated heterocycles. The van der Waals surface area contributed by atoms with Gasteiger partial charge in [-0.25, -0.2) is 4.98 Å². The zero-order valence-electron chi connectivity index (χ0n) is 17.6. The number of hydrogen-bond acceptors (Lipinski definition) is 7. The Morgan fingerprint density at radius 2 is 2.22 bits per heavy atom. The number of aryl methyl sites for hydroxylation is 1. The lowest BCUT2D eigenvalue weighted by atomic mass is 10.1. The van der Waals surface area contributed by atoms with Crippen molar-refractivity contribution in [1.29, 1.82) is 0 Å². The van der Waals surface area contributed by atoms with Gasteiger partial charge in [0.2, 0.25) is 0 Å². The van der Waals surface area contributed by atoms with Gasteiger partial charge in [-0.3, -0.25) is 9.79 Å². The quantitative estimate of drug-likeness (QED) is 0.298. The standard InChI is InChI=1S/C23H24N6O2S/c1-13-9-14(21-24-6-7-25-21)10-18-20(13)29-22(28-18)19-17(4-5-26-23(19)31)27-15(12-30)11-16-3-2-8-32-16/h2-5,8-10,15,30H,6-7,11-12H2,1H3,(H,24,25)(H,28,29)(H2,26,27,31)/t15-/m0/s1. The molecular weight excluding hydrogens is 424 g/mol. The van der Waals surface area contributed by atoms with E-state index in [1.807, 2.05) is 30.5 Å². The fraction of sp³-hybridized carbons (Fsp3) is 0.261. The first-order valence-corrected chi connectivity index (χ1v) is 11.4. The van der Waals surface area contributed by atoms with E-state index in [1.165, 1.54) is 4.88 Å². The maximum absolute atomic E-state index is 12.8. The molecule has 0 spiro atoms. The summed E-state index contributed by atoms with van der Waals surface area (Å²) >= 11 is 1.64. The summed E-state index contributed by atoms with van der Waals surface area (Å²) in [7, 11) is 0. The van der Waals surface area contributed by atoms with Gasteiger partial charge in [0.05, 0.1) is 35.9 Å². The second-order valence-corrected chi connectivity index (χ2v) is 8.87. The predicted molar refractivity (Wildman–Crippen MR) is 129 cm³/mol. The van der Waals surface area contributed by atoms with E-state index < -0.39 is 0 Å². The summed E-state index contributed by atoms with van der Waals surface area (Å²) in [5, 5.41) is 18.6. The number of nitrogens with zero attached hydrogens (tertiary/aromatic N) is 2. The summed E-state index contributed by atoms with van der Waals surface area (Å²) in [4.78, 5) is 29.3. The van der Waals surface area contributed by atoms with Crippen molar-refractivity contribution in [1.82, 2.24) is 20.3 Å². The molecule has 8 nitrogen and oxygen atoms in total. The molecule has 4 aromatic rings. The Balaban J connectivity index is 1.53. The molecule has 0 aliphatic carbocycles. The molecule has 3 aromatic heterocycles.